The first-order valence-corrected chi connectivity index (χ1v) is 9.96. The topological polar surface area (TPSA) is 85.6 Å². The number of methoxy groups -OCH3 is 1. The van der Waals surface area contributed by atoms with Crippen molar-refractivity contribution in [1.82, 2.24) is 0 Å². The summed E-state index contributed by atoms with van der Waals surface area (Å²) >= 11 is 6.45. The van der Waals surface area contributed by atoms with E-state index >= 15 is 0 Å². The van der Waals surface area contributed by atoms with Crippen molar-refractivity contribution in [2.24, 2.45) is 0 Å². The smallest absolute Gasteiger partial charge is 0.343 e. The molecule has 0 fully saturated rings. The Morgan fingerprint density at radius 3 is 2.48 bits per heavy atom. The van der Waals surface area contributed by atoms with Crippen molar-refractivity contribution in [2.75, 3.05) is 13.7 Å². The first kappa shape index (κ1) is 19.6. The fourth-order valence-corrected chi connectivity index (χ4v) is 4.27. The van der Waals surface area contributed by atoms with Crippen molar-refractivity contribution in [3.63, 3.8) is 0 Å². The Morgan fingerprint density at radius 2 is 1.88 bits per heavy atom. The van der Waals surface area contributed by atoms with Crippen molar-refractivity contribution in [2.45, 2.75) is 11.8 Å². The zero-order valence-electron chi connectivity index (χ0n) is 13.2. The molecule has 0 bridgehead atoms. The Morgan fingerprint density at radius 1 is 1.16 bits per heavy atom. The molecule has 0 aromatic heterocycles. The van der Waals surface area contributed by atoms with E-state index in [-0.39, 0.29) is 33.2 Å². The highest BCUT2D eigenvalue weighted by atomic mass is 79.9. The molecule has 0 heterocycles. The van der Waals surface area contributed by atoms with E-state index in [2.05, 4.69) is 31.9 Å². The number of hydrogen-bond donors (Lipinski definition) is 0. The summed E-state index contributed by atoms with van der Waals surface area (Å²) in [7, 11) is -2.84. The monoisotopic (exact) mass is 489 g/mol. The molecular formula is C16H13Br2NO5S. The number of ether oxygens (including phenoxy) is 2. The van der Waals surface area contributed by atoms with Gasteiger partial charge in [0.05, 0.1) is 29.8 Å². The fraction of sp³-hybridized carbons (Fsp3) is 0.188. The number of halogens is 2. The summed E-state index contributed by atoms with van der Waals surface area (Å²) in [5.74, 6) is 0.250. The second-order valence-corrected chi connectivity index (χ2v) is 7.95. The number of benzene rings is 2. The maximum Gasteiger partial charge on any atom is 0.343 e. The molecule has 0 saturated carbocycles. The largest absolute Gasteiger partial charge is 0.495 e. The van der Waals surface area contributed by atoms with Gasteiger partial charge in [-0.15, -0.1) is 0 Å². The van der Waals surface area contributed by atoms with Gasteiger partial charge in [0.25, 0.3) is 0 Å². The van der Waals surface area contributed by atoms with Crippen LogP contribution < -0.4 is 13.7 Å². The summed E-state index contributed by atoms with van der Waals surface area (Å²) in [6, 6.07) is 9.38. The van der Waals surface area contributed by atoms with Gasteiger partial charge >= 0.3 is 10.1 Å². The summed E-state index contributed by atoms with van der Waals surface area (Å²) < 4.78 is 42.1. The first-order chi connectivity index (χ1) is 11.8. The minimum absolute atomic E-state index is 0.0390. The average Bonchev–Trinajstić information content (AvgIpc) is 2.57. The quantitative estimate of drug-likeness (QED) is 0.562. The van der Waals surface area contributed by atoms with E-state index in [1.165, 1.54) is 31.4 Å². The molecule has 25 heavy (non-hydrogen) atoms. The Kier molecular flexibility index (Phi) is 6.32. The Balaban J connectivity index is 2.55. The molecular weight excluding hydrogens is 478 g/mol. The minimum atomic E-state index is -4.21. The van der Waals surface area contributed by atoms with Crippen LogP contribution in [0.1, 0.15) is 12.5 Å². The van der Waals surface area contributed by atoms with Gasteiger partial charge < -0.3 is 13.7 Å². The lowest BCUT2D eigenvalue weighted by molar-refractivity contribution is 0.326. The van der Waals surface area contributed by atoms with Crippen LogP contribution in [0.4, 0.5) is 0 Å². The van der Waals surface area contributed by atoms with E-state index in [1.54, 1.807) is 13.0 Å². The number of nitrogens with zero attached hydrogens (tertiary/aromatic N) is 1. The van der Waals surface area contributed by atoms with Crippen molar-refractivity contribution in [1.29, 1.82) is 5.26 Å². The molecule has 0 radical (unpaired) electrons. The summed E-state index contributed by atoms with van der Waals surface area (Å²) in [5.41, 5.74) is 0.306. The maximum absolute atomic E-state index is 12.7. The van der Waals surface area contributed by atoms with Gasteiger partial charge in [0.15, 0.2) is 11.5 Å². The van der Waals surface area contributed by atoms with Crippen LogP contribution in [0.5, 0.6) is 17.2 Å². The van der Waals surface area contributed by atoms with Crippen molar-refractivity contribution in [3.05, 3.63) is 44.8 Å². The minimum Gasteiger partial charge on any atom is -0.495 e. The van der Waals surface area contributed by atoms with Crippen LogP contribution in [0.3, 0.4) is 0 Å². The highest BCUT2D eigenvalue weighted by Crippen LogP contribution is 2.39. The third kappa shape index (κ3) is 4.45. The van der Waals surface area contributed by atoms with Crippen LogP contribution in [0.2, 0.25) is 0 Å². The molecule has 0 aliphatic heterocycles. The molecule has 2 aromatic rings. The van der Waals surface area contributed by atoms with E-state index in [0.717, 1.165) is 0 Å². The van der Waals surface area contributed by atoms with Gasteiger partial charge in [-0.25, -0.2) is 0 Å². The third-order valence-corrected chi connectivity index (χ3v) is 5.35. The number of nitriles is 1. The van der Waals surface area contributed by atoms with Crippen LogP contribution in [-0.4, -0.2) is 22.1 Å². The predicted molar refractivity (Wildman–Crippen MR) is 98.5 cm³/mol. The summed E-state index contributed by atoms with van der Waals surface area (Å²) in [5, 5.41) is 9.05. The first-order valence-electron chi connectivity index (χ1n) is 6.96. The molecule has 2 rings (SSSR count). The maximum atomic E-state index is 12.7. The molecule has 0 spiro atoms. The van der Waals surface area contributed by atoms with Crippen LogP contribution in [0.25, 0.3) is 0 Å². The Bertz CT molecular complexity index is 938. The van der Waals surface area contributed by atoms with Gasteiger partial charge in [0.1, 0.15) is 10.6 Å². The van der Waals surface area contributed by atoms with Gasteiger partial charge in [0.2, 0.25) is 0 Å². The van der Waals surface area contributed by atoms with E-state index in [1.807, 2.05) is 6.07 Å². The third-order valence-electron chi connectivity index (χ3n) is 3.03. The molecule has 0 saturated heterocycles. The van der Waals surface area contributed by atoms with E-state index in [0.29, 0.717) is 10.0 Å². The molecule has 2 aromatic carbocycles. The van der Waals surface area contributed by atoms with Crippen LogP contribution in [-0.2, 0) is 10.1 Å². The van der Waals surface area contributed by atoms with E-state index < -0.39 is 10.1 Å². The number of rotatable bonds is 6. The molecule has 9 heteroatoms. The van der Waals surface area contributed by atoms with Gasteiger partial charge in [-0.2, -0.15) is 13.7 Å². The molecule has 0 aliphatic carbocycles. The zero-order valence-corrected chi connectivity index (χ0v) is 17.2. The molecule has 0 amide bonds. The molecule has 132 valence electrons. The molecule has 6 nitrogen and oxygen atoms in total. The lowest BCUT2D eigenvalue weighted by Gasteiger charge is -2.15. The Labute approximate surface area is 162 Å². The van der Waals surface area contributed by atoms with Gasteiger partial charge in [-0.05, 0) is 47.1 Å². The van der Waals surface area contributed by atoms with Crippen LogP contribution in [0.15, 0.2) is 44.2 Å². The van der Waals surface area contributed by atoms with Crippen molar-refractivity contribution in [3.8, 4) is 23.3 Å². The van der Waals surface area contributed by atoms with Crippen LogP contribution >= 0.6 is 31.9 Å². The van der Waals surface area contributed by atoms with Crippen molar-refractivity contribution < 1.29 is 22.1 Å². The fourth-order valence-electron chi connectivity index (χ4n) is 1.98. The van der Waals surface area contributed by atoms with Gasteiger partial charge in [0, 0.05) is 10.5 Å². The molecule has 0 aliphatic rings. The summed E-state index contributed by atoms with van der Waals surface area (Å²) in [6.45, 7) is 2.01. The van der Waals surface area contributed by atoms with Crippen molar-refractivity contribution >= 4 is 42.0 Å². The van der Waals surface area contributed by atoms with Crippen LogP contribution in [0, 0.1) is 11.3 Å². The number of hydrogen-bond acceptors (Lipinski definition) is 6. The predicted octanol–water partition coefficient (Wildman–Crippen LogP) is 4.26. The SMILES string of the molecule is CCOc1cc(C#N)cc(Br)c1OS(=O)(=O)c1cc(Br)ccc1OC. The van der Waals surface area contributed by atoms with E-state index in [4.69, 9.17) is 18.9 Å². The van der Waals surface area contributed by atoms with Gasteiger partial charge in [-0.1, -0.05) is 15.9 Å². The lowest BCUT2D eigenvalue weighted by Crippen LogP contribution is -2.12. The second-order valence-electron chi connectivity index (χ2n) is 4.66. The molecule has 0 N–H and O–H groups in total. The average molecular weight is 491 g/mol. The zero-order chi connectivity index (χ0) is 18.6. The Hall–Kier alpha value is -1.76. The summed E-state index contributed by atoms with van der Waals surface area (Å²) in [6.07, 6.45) is 0. The van der Waals surface area contributed by atoms with E-state index in [9.17, 15) is 8.42 Å². The lowest BCUT2D eigenvalue weighted by atomic mass is 10.2. The molecule has 0 atom stereocenters. The second kappa shape index (κ2) is 8.08. The summed E-state index contributed by atoms with van der Waals surface area (Å²) in [4.78, 5) is -0.136. The van der Waals surface area contributed by atoms with Gasteiger partial charge in [-0.3, -0.25) is 0 Å². The molecule has 0 unspecified atom stereocenters. The normalized spacial score (nSPS) is 10.8. The highest BCUT2D eigenvalue weighted by molar-refractivity contribution is 9.10. The highest BCUT2D eigenvalue weighted by Gasteiger charge is 2.26. The standard InChI is InChI=1S/C16H13Br2NO5S/c1-3-23-14-7-10(9-19)6-12(18)16(14)24-25(20,21)15-8-11(17)4-5-13(15)22-2/h4-8H,3H2,1-2H3.